The standard InChI is InChI=1S/C25H39N9O9S2/c1-11(2)20(25(43)32-15(5-19(37)38)23(41)33-16(8-44)21(26)39)34-18(36)7-28-22(40)14(4-13-6-27-10-29-13)31-24(42)17(9-45)30-12(3)35/h6,10-11,14-17,20,44-45H,4-5,7-9H2,1-3H3,(H2,26,39)(H,27,29)(H,28,40)(H,30,35)(H,31,42)(H,32,43)(H,33,41)(H,34,36)(H,37,38)/t14-,15-,16-,17-,20-/m0/s1. The van der Waals surface area contributed by atoms with Crippen LogP contribution in [-0.4, -0.2) is 111 Å². The second-order valence-corrected chi connectivity index (χ2v) is 10.8. The number of carbonyl (C=O) groups excluding carboxylic acids is 7. The number of nitrogens with zero attached hydrogens (tertiary/aromatic N) is 1. The Kier molecular flexibility index (Phi) is 16.5. The molecule has 250 valence electrons. The molecule has 0 radical (unpaired) electrons. The number of hydrogen-bond acceptors (Lipinski definition) is 11. The minimum absolute atomic E-state index is 0.0492. The number of aliphatic carboxylic acids is 1. The molecule has 0 aliphatic carbocycles. The molecule has 1 aromatic rings. The van der Waals surface area contributed by atoms with Gasteiger partial charge in [0.05, 0.1) is 19.3 Å². The first-order valence-corrected chi connectivity index (χ1v) is 14.8. The predicted octanol–water partition coefficient (Wildman–Crippen LogP) is -4.01. The predicted molar refractivity (Wildman–Crippen MR) is 165 cm³/mol. The number of carboxylic acid groups (broad SMARTS) is 1. The van der Waals surface area contributed by atoms with E-state index >= 15 is 0 Å². The van der Waals surface area contributed by atoms with Gasteiger partial charge in [0.1, 0.15) is 30.2 Å². The van der Waals surface area contributed by atoms with Gasteiger partial charge in [-0.2, -0.15) is 25.3 Å². The van der Waals surface area contributed by atoms with Crippen LogP contribution in [0.15, 0.2) is 12.5 Å². The van der Waals surface area contributed by atoms with Crippen LogP contribution in [0.25, 0.3) is 0 Å². The number of carboxylic acids is 1. The monoisotopic (exact) mass is 673 g/mol. The molecule has 0 aliphatic heterocycles. The van der Waals surface area contributed by atoms with E-state index in [0.717, 1.165) is 0 Å². The third kappa shape index (κ3) is 13.9. The van der Waals surface area contributed by atoms with Crippen LogP contribution in [0.4, 0.5) is 0 Å². The summed E-state index contributed by atoms with van der Waals surface area (Å²) in [5.41, 5.74) is 5.66. The molecule has 7 amide bonds. The number of nitrogens with two attached hydrogens (primary N) is 1. The third-order valence-corrected chi connectivity index (χ3v) is 6.76. The molecule has 0 aliphatic rings. The van der Waals surface area contributed by atoms with Gasteiger partial charge < -0.3 is 47.7 Å². The Morgan fingerprint density at radius 3 is 1.91 bits per heavy atom. The quantitative estimate of drug-likeness (QED) is 0.0633. The lowest BCUT2D eigenvalue weighted by Gasteiger charge is -2.26. The van der Waals surface area contributed by atoms with Gasteiger partial charge in [-0.1, -0.05) is 13.8 Å². The van der Waals surface area contributed by atoms with E-state index in [-0.39, 0.29) is 17.9 Å². The highest BCUT2D eigenvalue weighted by Crippen LogP contribution is 2.05. The number of thiol groups is 2. The van der Waals surface area contributed by atoms with Crippen LogP contribution in [-0.2, 0) is 44.8 Å². The lowest BCUT2D eigenvalue weighted by Crippen LogP contribution is -2.59. The van der Waals surface area contributed by atoms with Crippen LogP contribution < -0.4 is 37.6 Å². The van der Waals surface area contributed by atoms with Gasteiger partial charge in [0, 0.05) is 36.7 Å². The summed E-state index contributed by atoms with van der Waals surface area (Å²) in [6.45, 7) is 3.73. The number of aromatic nitrogens is 2. The lowest BCUT2D eigenvalue weighted by molar-refractivity contribution is -0.141. The van der Waals surface area contributed by atoms with E-state index in [4.69, 9.17) is 5.73 Å². The molecule has 45 heavy (non-hydrogen) atoms. The summed E-state index contributed by atoms with van der Waals surface area (Å²) in [7, 11) is 0. The van der Waals surface area contributed by atoms with Gasteiger partial charge in [-0.3, -0.25) is 38.4 Å². The number of primary amides is 1. The number of hydrogen-bond donors (Lipinski definition) is 11. The second-order valence-electron chi connectivity index (χ2n) is 10.1. The Labute approximate surface area is 269 Å². The normalized spacial score (nSPS) is 14.1. The van der Waals surface area contributed by atoms with Crippen LogP contribution in [0.1, 0.15) is 32.9 Å². The van der Waals surface area contributed by atoms with E-state index in [0.29, 0.717) is 5.69 Å². The van der Waals surface area contributed by atoms with Gasteiger partial charge >= 0.3 is 5.97 Å². The molecule has 10 N–H and O–H groups in total. The van der Waals surface area contributed by atoms with Crippen LogP contribution in [0.5, 0.6) is 0 Å². The van der Waals surface area contributed by atoms with Crippen LogP contribution in [0.3, 0.4) is 0 Å². The Bertz CT molecular complexity index is 1230. The topological polar surface area (TPSA) is 284 Å². The maximum atomic E-state index is 13.0. The molecular weight excluding hydrogens is 634 g/mol. The highest BCUT2D eigenvalue weighted by Gasteiger charge is 2.32. The molecule has 0 saturated heterocycles. The van der Waals surface area contributed by atoms with Gasteiger partial charge in [0.15, 0.2) is 0 Å². The van der Waals surface area contributed by atoms with Crippen molar-refractivity contribution in [1.29, 1.82) is 0 Å². The van der Waals surface area contributed by atoms with Gasteiger partial charge in [0.25, 0.3) is 0 Å². The smallest absolute Gasteiger partial charge is 0.305 e. The Hall–Kier alpha value is -4.33. The van der Waals surface area contributed by atoms with Crippen molar-refractivity contribution in [3.63, 3.8) is 0 Å². The molecule has 1 heterocycles. The summed E-state index contributed by atoms with van der Waals surface area (Å²) in [4.78, 5) is 105. The van der Waals surface area contributed by atoms with Crippen molar-refractivity contribution in [2.75, 3.05) is 18.1 Å². The molecular formula is C25H39N9O9S2. The van der Waals surface area contributed by atoms with Crippen molar-refractivity contribution in [1.82, 2.24) is 41.9 Å². The molecule has 0 fully saturated rings. The van der Waals surface area contributed by atoms with E-state index in [2.05, 4.69) is 67.1 Å². The van der Waals surface area contributed by atoms with E-state index in [1.54, 1.807) is 13.8 Å². The van der Waals surface area contributed by atoms with Crippen molar-refractivity contribution in [2.45, 2.75) is 63.8 Å². The molecule has 1 aromatic heterocycles. The highest BCUT2D eigenvalue weighted by atomic mass is 32.1. The average molecular weight is 674 g/mol. The van der Waals surface area contributed by atoms with Crippen molar-refractivity contribution in [2.24, 2.45) is 11.7 Å². The number of rotatable bonds is 19. The SMILES string of the molecule is CC(=O)N[C@@H](CS)C(=O)N[C@@H](Cc1cnc[nH]1)C(=O)NCC(=O)N[C@H](C(=O)N[C@@H](CC(=O)O)C(=O)N[C@@H](CS)C(N)=O)C(C)C. The van der Waals surface area contributed by atoms with Crippen molar-refractivity contribution in [3.8, 4) is 0 Å². The molecule has 1 rings (SSSR count). The van der Waals surface area contributed by atoms with Crippen LogP contribution in [0.2, 0.25) is 0 Å². The average Bonchev–Trinajstić information content (AvgIpc) is 3.47. The molecule has 20 heteroatoms. The Morgan fingerprint density at radius 1 is 0.844 bits per heavy atom. The molecule has 0 spiro atoms. The second kappa shape index (κ2) is 19.1. The third-order valence-electron chi connectivity index (χ3n) is 6.03. The summed E-state index contributed by atoms with van der Waals surface area (Å²) >= 11 is 7.95. The van der Waals surface area contributed by atoms with E-state index < -0.39 is 96.4 Å². The fraction of sp³-hybridized carbons (Fsp3) is 0.560. The fourth-order valence-electron chi connectivity index (χ4n) is 3.71. The number of amides is 7. The van der Waals surface area contributed by atoms with Gasteiger partial charge in [-0.15, -0.1) is 0 Å². The highest BCUT2D eigenvalue weighted by molar-refractivity contribution is 7.80. The number of H-pyrrole nitrogens is 1. The largest absolute Gasteiger partial charge is 0.481 e. The first-order valence-electron chi connectivity index (χ1n) is 13.5. The van der Waals surface area contributed by atoms with Gasteiger partial charge in [-0.25, -0.2) is 4.98 Å². The minimum atomic E-state index is -1.62. The van der Waals surface area contributed by atoms with Gasteiger partial charge in [0.2, 0.25) is 41.4 Å². The van der Waals surface area contributed by atoms with E-state index in [9.17, 15) is 43.5 Å². The number of carbonyl (C=O) groups is 8. The van der Waals surface area contributed by atoms with Crippen LogP contribution >= 0.6 is 25.3 Å². The number of nitrogens with one attached hydrogen (secondary N) is 7. The Morgan fingerprint density at radius 2 is 1.42 bits per heavy atom. The summed E-state index contributed by atoms with van der Waals surface area (Å²) in [6.07, 6.45) is 1.90. The number of aromatic amines is 1. The molecule has 0 bridgehead atoms. The number of imidazole rings is 1. The first-order chi connectivity index (χ1) is 21.1. The maximum absolute atomic E-state index is 13.0. The first kappa shape index (κ1) is 38.7. The maximum Gasteiger partial charge on any atom is 0.305 e. The van der Waals surface area contributed by atoms with Crippen molar-refractivity contribution in [3.05, 3.63) is 18.2 Å². The summed E-state index contributed by atoms with van der Waals surface area (Å²) < 4.78 is 0. The summed E-state index contributed by atoms with van der Waals surface area (Å²) in [5, 5.41) is 23.4. The fourth-order valence-corrected chi connectivity index (χ4v) is 4.24. The zero-order valence-corrected chi connectivity index (χ0v) is 26.6. The minimum Gasteiger partial charge on any atom is -0.481 e. The lowest BCUT2D eigenvalue weighted by atomic mass is 10.0. The van der Waals surface area contributed by atoms with E-state index in [1.165, 1.54) is 19.4 Å². The van der Waals surface area contributed by atoms with Crippen molar-refractivity contribution >= 4 is 72.6 Å². The molecule has 0 saturated carbocycles. The van der Waals surface area contributed by atoms with Gasteiger partial charge in [-0.05, 0) is 5.92 Å². The zero-order valence-electron chi connectivity index (χ0n) is 24.8. The molecule has 0 unspecified atom stereocenters. The van der Waals surface area contributed by atoms with Crippen molar-refractivity contribution < 1.29 is 43.5 Å². The molecule has 18 nitrogen and oxygen atoms in total. The molecule has 0 aromatic carbocycles. The van der Waals surface area contributed by atoms with Crippen LogP contribution in [0, 0.1) is 5.92 Å². The zero-order chi connectivity index (χ0) is 34.3. The summed E-state index contributed by atoms with van der Waals surface area (Å²) in [6, 6.07) is -6.37. The summed E-state index contributed by atoms with van der Waals surface area (Å²) in [5.74, 6) is -7.84. The van der Waals surface area contributed by atoms with E-state index in [1.807, 2.05) is 0 Å². The molecule has 5 atom stereocenters. The Balaban J connectivity index is 2.95.